The number of benzene rings is 8. The number of methoxy groups -OCH3 is 1. The summed E-state index contributed by atoms with van der Waals surface area (Å²) in [6.07, 6.45) is 6.13. The molecule has 12 rings (SSSR count). The van der Waals surface area contributed by atoms with E-state index in [1.54, 1.807) is 7.11 Å². The van der Waals surface area contributed by atoms with Crippen LogP contribution in [-0.2, 0) is 0 Å². The number of rotatable bonds is 13. The summed E-state index contributed by atoms with van der Waals surface area (Å²) in [5.41, 5.74) is 21.7. The predicted octanol–water partition coefficient (Wildman–Crippen LogP) is 15.5. The second kappa shape index (κ2) is 21.5. The molecule has 0 saturated carbocycles. The Bertz CT molecular complexity index is 3390. The van der Waals surface area contributed by atoms with Crippen molar-refractivity contribution in [2.24, 2.45) is 11.8 Å². The molecule has 1 amide bonds. The SMILES string of the molecule is C=CC1CN2CC[C@@H]1C[C@H]2C(NC(=O)c1ccccc1P(c1cc(-c2cc(C)cc(C)c2)cc(-c2cc(C)cc(C)c2)c1)c1cc(-c2cc(C)cc(C)c2)cc(-c2cc(C)cc(C)c2)c1)c1ccnc2ccc(OC)cc12. The lowest BCUT2D eigenvalue weighted by Crippen LogP contribution is -2.57. The maximum atomic E-state index is 16.1. The summed E-state index contributed by atoms with van der Waals surface area (Å²) < 4.78 is 5.82. The number of carbonyl (C=O) groups is 1. The highest BCUT2D eigenvalue weighted by Crippen LogP contribution is 2.45. The van der Waals surface area contributed by atoms with Crippen LogP contribution < -0.4 is 26.0 Å². The van der Waals surface area contributed by atoms with Crippen LogP contribution in [0.15, 0.2) is 177 Å². The van der Waals surface area contributed by atoms with Crippen LogP contribution in [0.3, 0.4) is 0 Å². The smallest absolute Gasteiger partial charge is 0.252 e. The van der Waals surface area contributed by atoms with Gasteiger partial charge in [-0.25, -0.2) is 0 Å². The average molecular weight is 1030 g/mol. The molecule has 4 heterocycles. The lowest BCUT2D eigenvalue weighted by Gasteiger charge is -2.51. The van der Waals surface area contributed by atoms with Crippen LogP contribution in [0.4, 0.5) is 0 Å². The predicted molar refractivity (Wildman–Crippen MR) is 325 cm³/mol. The van der Waals surface area contributed by atoms with Crippen molar-refractivity contribution in [3.05, 3.63) is 232 Å². The average Bonchev–Trinajstić information content (AvgIpc) is 3.49. The number of nitrogens with zero attached hydrogens (tertiary/aromatic N) is 2. The fourth-order valence-corrected chi connectivity index (χ4v) is 15.4. The third kappa shape index (κ3) is 10.8. The minimum Gasteiger partial charge on any atom is -0.497 e. The number of pyridine rings is 1. The number of fused-ring (bicyclic) bond motifs is 4. The molecular formula is C71H70N3O2P. The summed E-state index contributed by atoms with van der Waals surface area (Å²) in [7, 11) is 0.269. The molecule has 5 atom stereocenters. The van der Waals surface area contributed by atoms with Crippen LogP contribution >= 0.6 is 7.92 Å². The van der Waals surface area contributed by atoms with E-state index in [1.165, 1.54) is 77.4 Å². The first-order valence-electron chi connectivity index (χ1n) is 27.3. The Kier molecular flexibility index (Phi) is 14.4. The van der Waals surface area contributed by atoms with E-state index in [2.05, 4.69) is 218 Å². The molecule has 8 aromatic carbocycles. The molecule has 0 aliphatic carbocycles. The van der Waals surface area contributed by atoms with Gasteiger partial charge in [0.15, 0.2) is 0 Å². The maximum absolute atomic E-state index is 16.1. The van der Waals surface area contributed by atoms with Gasteiger partial charge in [-0.15, -0.1) is 6.58 Å². The molecule has 3 fully saturated rings. The van der Waals surface area contributed by atoms with Crippen molar-refractivity contribution in [3.8, 4) is 50.3 Å². The molecule has 3 saturated heterocycles. The third-order valence-electron chi connectivity index (χ3n) is 16.1. The van der Waals surface area contributed by atoms with Gasteiger partial charge in [0.25, 0.3) is 5.91 Å². The van der Waals surface area contributed by atoms with Gasteiger partial charge in [0, 0.05) is 29.7 Å². The first-order chi connectivity index (χ1) is 37.2. The van der Waals surface area contributed by atoms with Crippen LogP contribution in [0, 0.1) is 67.2 Å². The Morgan fingerprint density at radius 3 is 1.52 bits per heavy atom. The normalized spacial score (nSPS) is 17.4. The van der Waals surface area contributed by atoms with E-state index in [0.717, 1.165) is 75.7 Å². The number of hydrogen-bond acceptors (Lipinski definition) is 4. The van der Waals surface area contributed by atoms with Crippen molar-refractivity contribution in [2.75, 3.05) is 20.2 Å². The Morgan fingerprint density at radius 2 is 1.08 bits per heavy atom. The van der Waals surface area contributed by atoms with Crippen LogP contribution in [0.1, 0.15) is 79.3 Å². The van der Waals surface area contributed by atoms with Gasteiger partial charge in [-0.3, -0.25) is 14.7 Å². The van der Waals surface area contributed by atoms with Gasteiger partial charge in [0.1, 0.15) is 5.75 Å². The molecule has 9 aromatic rings. The molecule has 3 aliphatic heterocycles. The first kappa shape index (κ1) is 51.7. The zero-order valence-electron chi connectivity index (χ0n) is 46.2. The molecule has 386 valence electrons. The van der Waals surface area contributed by atoms with Crippen LogP contribution in [-0.4, -0.2) is 42.0 Å². The molecule has 1 aromatic heterocycles. The Hall–Kier alpha value is -7.43. The second-order valence-electron chi connectivity index (χ2n) is 22.4. The summed E-state index contributed by atoms with van der Waals surface area (Å²) in [5, 5.41) is 8.13. The Labute approximate surface area is 457 Å². The standard InChI is InChI=1S/C71H70N3O2P/c1-11-51-42-74-21-19-52(51)40-68(74)70(64-18-20-72-67-17-16-61(76-10)41-66(64)67)73-71(75)65-14-12-13-15-69(65)77(62-36-57(53-26-43(2)22-44(3)27-53)34-58(37-62)54-28-45(4)23-46(5)29-54)63-38-59(55-30-47(6)24-48(7)31-55)35-60(39-63)56-32-49(8)25-50(9)33-56/h11-18,20,22-39,41,51-52,68,70H,1,19,21,40,42H2,2-10H3,(H,73,75)/t51?,52-,68+,70?/m1/s1. The number of amides is 1. The molecule has 6 heteroatoms. The second-order valence-corrected chi connectivity index (χ2v) is 24.6. The van der Waals surface area contributed by atoms with E-state index in [-0.39, 0.29) is 18.0 Å². The van der Waals surface area contributed by atoms with Gasteiger partial charge in [0.05, 0.1) is 18.7 Å². The topological polar surface area (TPSA) is 54.5 Å². The van der Waals surface area contributed by atoms with Gasteiger partial charge in [0.2, 0.25) is 0 Å². The summed E-state index contributed by atoms with van der Waals surface area (Å²) in [6, 6.07) is 58.3. The fraction of sp³-hybridized carbons (Fsp3) is 0.239. The molecule has 3 aliphatic rings. The number of nitrogens with one attached hydrogen (secondary N) is 1. The Morgan fingerprint density at radius 1 is 0.610 bits per heavy atom. The minimum atomic E-state index is -1.44. The number of piperidine rings is 3. The summed E-state index contributed by atoms with van der Waals surface area (Å²) >= 11 is 0. The molecular weight excluding hydrogens is 958 g/mol. The largest absolute Gasteiger partial charge is 0.497 e. The summed E-state index contributed by atoms with van der Waals surface area (Å²) in [6.45, 7) is 23.7. The molecule has 0 spiro atoms. The molecule has 1 N–H and O–H groups in total. The lowest BCUT2D eigenvalue weighted by molar-refractivity contribution is 0.00171. The first-order valence-corrected chi connectivity index (χ1v) is 28.6. The summed E-state index contributed by atoms with van der Waals surface area (Å²) in [5.74, 6) is 1.60. The monoisotopic (exact) mass is 1030 g/mol. The quantitative estimate of drug-likeness (QED) is 0.0924. The van der Waals surface area contributed by atoms with E-state index < -0.39 is 7.92 Å². The lowest BCUT2D eigenvalue weighted by atomic mass is 9.73. The van der Waals surface area contributed by atoms with Crippen LogP contribution in [0.25, 0.3) is 55.4 Å². The Balaban J connectivity index is 1.16. The molecule has 3 unspecified atom stereocenters. The highest BCUT2D eigenvalue weighted by molar-refractivity contribution is 7.80. The highest BCUT2D eigenvalue weighted by atomic mass is 31.1. The minimum absolute atomic E-state index is 0.0731. The van der Waals surface area contributed by atoms with E-state index >= 15 is 4.79 Å². The number of carbonyl (C=O) groups excluding carboxylic acids is 1. The van der Waals surface area contributed by atoms with Crippen molar-refractivity contribution in [1.29, 1.82) is 0 Å². The van der Waals surface area contributed by atoms with E-state index in [0.29, 0.717) is 17.4 Å². The summed E-state index contributed by atoms with van der Waals surface area (Å²) in [4.78, 5) is 23.5. The van der Waals surface area contributed by atoms with Gasteiger partial charge >= 0.3 is 0 Å². The van der Waals surface area contributed by atoms with E-state index in [4.69, 9.17) is 9.72 Å². The van der Waals surface area contributed by atoms with Crippen LogP contribution in [0.5, 0.6) is 5.75 Å². The van der Waals surface area contributed by atoms with Gasteiger partial charge in [-0.1, -0.05) is 142 Å². The molecule has 77 heavy (non-hydrogen) atoms. The maximum Gasteiger partial charge on any atom is 0.252 e. The van der Waals surface area contributed by atoms with Gasteiger partial charge < -0.3 is 10.1 Å². The number of aromatic nitrogens is 1. The third-order valence-corrected chi connectivity index (χ3v) is 18.5. The van der Waals surface area contributed by atoms with E-state index in [1.807, 2.05) is 24.4 Å². The van der Waals surface area contributed by atoms with Crippen molar-refractivity contribution < 1.29 is 9.53 Å². The zero-order valence-corrected chi connectivity index (χ0v) is 47.1. The number of aryl methyl sites for hydroxylation is 8. The molecule has 5 nitrogen and oxygen atoms in total. The van der Waals surface area contributed by atoms with Crippen molar-refractivity contribution in [2.45, 2.75) is 80.3 Å². The fourth-order valence-electron chi connectivity index (χ4n) is 12.9. The van der Waals surface area contributed by atoms with Crippen molar-refractivity contribution >= 4 is 40.6 Å². The van der Waals surface area contributed by atoms with Gasteiger partial charge in [-0.2, -0.15) is 0 Å². The van der Waals surface area contributed by atoms with Crippen molar-refractivity contribution in [1.82, 2.24) is 15.2 Å². The van der Waals surface area contributed by atoms with Gasteiger partial charge in [-0.05, 0) is 227 Å². The van der Waals surface area contributed by atoms with E-state index in [9.17, 15) is 0 Å². The molecule has 2 bridgehead atoms. The molecule has 0 radical (unpaired) electrons. The number of ether oxygens (including phenoxy) is 1. The van der Waals surface area contributed by atoms with Crippen molar-refractivity contribution in [3.63, 3.8) is 0 Å². The van der Waals surface area contributed by atoms with Crippen LogP contribution in [0.2, 0.25) is 0 Å². The highest BCUT2D eigenvalue weighted by Gasteiger charge is 2.43. The zero-order chi connectivity index (χ0) is 53.6. The number of hydrogen-bond donors (Lipinski definition) is 1.